The fourth-order valence-corrected chi connectivity index (χ4v) is 2.09. The molecule has 0 bridgehead atoms. The lowest BCUT2D eigenvalue weighted by molar-refractivity contribution is 0.214. The summed E-state index contributed by atoms with van der Waals surface area (Å²) in [5.41, 5.74) is 0.748. The molecule has 0 aromatic heterocycles. The normalized spacial score (nSPS) is 12.5. The largest absolute Gasteiger partial charge is 0.491 e. The van der Waals surface area contributed by atoms with E-state index in [0.29, 0.717) is 16.3 Å². The van der Waals surface area contributed by atoms with Gasteiger partial charge in [-0.05, 0) is 49.7 Å². The van der Waals surface area contributed by atoms with E-state index < -0.39 is 11.9 Å². The monoisotopic (exact) mass is 294 g/mol. The van der Waals surface area contributed by atoms with Gasteiger partial charge < -0.3 is 9.84 Å². The number of hydrogen-bond acceptors (Lipinski definition) is 2. The Kier molecular flexibility index (Phi) is 4.63. The lowest BCUT2D eigenvalue weighted by Crippen LogP contribution is -2.06. The Morgan fingerprint density at radius 2 is 1.75 bits per heavy atom. The summed E-state index contributed by atoms with van der Waals surface area (Å²) in [7, 11) is 0. The molecule has 0 aliphatic carbocycles. The van der Waals surface area contributed by atoms with Crippen LogP contribution >= 0.6 is 11.6 Å². The highest BCUT2D eigenvalue weighted by atomic mass is 35.5. The SMILES string of the molecule is CC(C)Oc1ccc(C(O)c2cc(Cl)ccc2F)cc1. The summed E-state index contributed by atoms with van der Waals surface area (Å²) < 4.78 is 19.2. The minimum absolute atomic E-state index is 0.0798. The van der Waals surface area contributed by atoms with E-state index in [4.69, 9.17) is 16.3 Å². The molecule has 106 valence electrons. The van der Waals surface area contributed by atoms with E-state index in [2.05, 4.69) is 0 Å². The van der Waals surface area contributed by atoms with Gasteiger partial charge in [-0.1, -0.05) is 23.7 Å². The van der Waals surface area contributed by atoms with Crippen molar-refractivity contribution in [2.45, 2.75) is 26.1 Å². The molecular formula is C16H16ClFO2. The molecule has 1 N–H and O–H groups in total. The van der Waals surface area contributed by atoms with Gasteiger partial charge in [-0.2, -0.15) is 0 Å². The highest BCUT2D eigenvalue weighted by Crippen LogP contribution is 2.28. The van der Waals surface area contributed by atoms with E-state index >= 15 is 0 Å². The van der Waals surface area contributed by atoms with Crippen LogP contribution in [-0.2, 0) is 0 Å². The fourth-order valence-electron chi connectivity index (χ4n) is 1.90. The van der Waals surface area contributed by atoms with Crippen LogP contribution in [0.25, 0.3) is 0 Å². The summed E-state index contributed by atoms with van der Waals surface area (Å²) in [6.07, 6.45) is -0.974. The van der Waals surface area contributed by atoms with Crippen LogP contribution in [0.4, 0.5) is 4.39 Å². The Bertz CT molecular complexity index is 582. The van der Waals surface area contributed by atoms with Crippen LogP contribution in [0.15, 0.2) is 42.5 Å². The van der Waals surface area contributed by atoms with Crippen LogP contribution < -0.4 is 4.74 Å². The molecular weight excluding hydrogens is 279 g/mol. The summed E-state index contributed by atoms with van der Waals surface area (Å²) in [4.78, 5) is 0. The number of halogens is 2. The zero-order valence-corrected chi connectivity index (χ0v) is 12.1. The molecule has 2 rings (SSSR count). The minimum atomic E-state index is -1.05. The topological polar surface area (TPSA) is 29.5 Å². The van der Waals surface area contributed by atoms with Gasteiger partial charge in [0.05, 0.1) is 6.10 Å². The van der Waals surface area contributed by atoms with E-state index in [1.54, 1.807) is 24.3 Å². The number of aliphatic hydroxyl groups is 1. The molecule has 2 aromatic carbocycles. The first-order chi connectivity index (χ1) is 9.47. The third-order valence-electron chi connectivity index (χ3n) is 2.82. The molecule has 0 heterocycles. The number of benzene rings is 2. The van der Waals surface area contributed by atoms with Crippen LogP contribution in [0, 0.1) is 5.82 Å². The molecule has 20 heavy (non-hydrogen) atoms. The summed E-state index contributed by atoms with van der Waals surface area (Å²) >= 11 is 5.83. The standard InChI is InChI=1S/C16H16ClFO2/c1-10(2)20-13-6-3-11(4-7-13)16(19)14-9-12(17)5-8-15(14)18/h3-10,16,19H,1-2H3. The summed E-state index contributed by atoms with van der Waals surface area (Å²) in [5.74, 6) is 0.229. The molecule has 4 heteroatoms. The van der Waals surface area contributed by atoms with E-state index in [-0.39, 0.29) is 11.7 Å². The van der Waals surface area contributed by atoms with Gasteiger partial charge >= 0.3 is 0 Å². The van der Waals surface area contributed by atoms with Gasteiger partial charge in [0.25, 0.3) is 0 Å². The van der Waals surface area contributed by atoms with Gasteiger partial charge in [-0.15, -0.1) is 0 Å². The van der Waals surface area contributed by atoms with Crippen molar-refractivity contribution in [1.29, 1.82) is 0 Å². The van der Waals surface area contributed by atoms with Crippen molar-refractivity contribution in [3.63, 3.8) is 0 Å². The summed E-state index contributed by atoms with van der Waals surface area (Å²) in [6, 6.07) is 11.1. The van der Waals surface area contributed by atoms with Crippen molar-refractivity contribution < 1.29 is 14.2 Å². The Morgan fingerprint density at radius 1 is 1.10 bits per heavy atom. The van der Waals surface area contributed by atoms with Gasteiger partial charge in [-0.3, -0.25) is 0 Å². The lowest BCUT2D eigenvalue weighted by Gasteiger charge is -2.14. The van der Waals surface area contributed by atoms with Gasteiger partial charge in [0.15, 0.2) is 0 Å². The van der Waals surface area contributed by atoms with Crippen LogP contribution in [0.1, 0.15) is 31.1 Å². The molecule has 0 amide bonds. The second kappa shape index (κ2) is 6.25. The first kappa shape index (κ1) is 14.8. The highest BCUT2D eigenvalue weighted by Gasteiger charge is 2.15. The second-order valence-electron chi connectivity index (χ2n) is 4.80. The van der Waals surface area contributed by atoms with Crippen molar-refractivity contribution in [3.8, 4) is 5.75 Å². The van der Waals surface area contributed by atoms with Gasteiger partial charge in [0.2, 0.25) is 0 Å². The number of aliphatic hydroxyl groups excluding tert-OH is 1. The van der Waals surface area contributed by atoms with Gasteiger partial charge in [-0.25, -0.2) is 4.39 Å². The maximum absolute atomic E-state index is 13.7. The molecule has 2 aromatic rings. The van der Waals surface area contributed by atoms with Gasteiger partial charge in [0.1, 0.15) is 17.7 Å². The van der Waals surface area contributed by atoms with E-state index in [1.807, 2.05) is 13.8 Å². The average molecular weight is 295 g/mol. The maximum atomic E-state index is 13.7. The molecule has 2 nitrogen and oxygen atoms in total. The molecule has 0 spiro atoms. The van der Waals surface area contributed by atoms with Crippen molar-refractivity contribution in [3.05, 3.63) is 64.4 Å². The van der Waals surface area contributed by atoms with Crippen LogP contribution in [-0.4, -0.2) is 11.2 Å². The Balaban J connectivity index is 2.24. The van der Waals surface area contributed by atoms with Gasteiger partial charge in [0, 0.05) is 10.6 Å². The first-order valence-electron chi connectivity index (χ1n) is 6.37. The van der Waals surface area contributed by atoms with Crippen LogP contribution in [0.2, 0.25) is 5.02 Å². The lowest BCUT2D eigenvalue weighted by atomic mass is 10.0. The predicted octanol–water partition coefficient (Wildman–Crippen LogP) is 4.35. The second-order valence-corrected chi connectivity index (χ2v) is 5.24. The van der Waals surface area contributed by atoms with Crippen molar-refractivity contribution in [2.75, 3.05) is 0 Å². The molecule has 1 unspecified atom stereocenters. The third kappa shape index (κ3) is 3.50. The minimum Gasteiger partial charge on any atom is -0.491 e. The maximum Gasteiger partial charge on any atom is 0.129 e. The van der Waals surface area contributed by atoms with Crippen molar-refractivity contribution in [2.24, 2.45) is 0 Å². The van der Waals surface area contributed by atoms with Crippen molar-refractivity contribution in [1.82, 2.24) is 0 Å². The molecule has 0 saturated carbocycles. The molecule has 0 fully saturated rings. The average Bonchev–Trinajstić information content (AvgIpc) is 2.41. The molecule has 1 atom stereocenters. The van der Waals surface area contributed by atoms with E-state index in [0.717, 1.165) is 0 Å². The predicted molar refractivity (Wildman–Crippen MR) is 77.7 cm³/mol. The zero-order chi connectivity index (χ0) is 14.7. The zero-order valence-electron chi connectivity index (χ0n) is 11.3. The number of ether oxygens (including phenoxy) is 1. The fraction of sp³-hybridized carbons (Fsp3) is 0.250. The third-order valence-corrected chi connectivity index (χ3v) is 3.06. The smallest absolute Gasteiger partial charge is 0.129 e. The quantitative estimate of drug-likeness (QED) is 0.908. The summed E-state index contributed by atoms with van der Waals surface area (Å²) in [6.45, 7) is 3.87. The Labute approximate surface area is 122 Å². The first-order valence-corrected chi connectivity index (χ1v) is 6.75. The van der Waals surface area contributed by atoms with E-state index in [9.17, 15) is 9.50 Å². The number of rotatable bonds is 4. The molecule has 0 saturated heterocycles. The van der Waals surface area contributed by atoms with Crippen LogP contribution in [0.3, 0.4) is 0 Å². The Morgan fingerprint density at radius 3 is 2.35 bits per heavy atom. The van der Waals surface area contributed by atoms with Crippen LogP contribution in [0.5, 0.6) is 5.75 Å². The Hall–Kier alpha value is -1.58. The molecule has 0 aliphatic rings. The van der Waals surface area contributed by atoms with Crippen molar-refractivity contribution >= 4 is 11.6 Å². The molecule has 0 radical (unpaired) electrons. The highest BCUT2D eigenvalue weighted by molar-refractivity contribution is 6.30. The number of hydrogen-bond donors (Lipinski definition) is 1. The summed E-state index contributed by atoms with van der Waals surface area (Å²) in [5, 5.41) is 10.6. The molecule has 0 aliphatic heterocycles. The van der Waals surface area contributed by atoms with E-state index in [1.165, 1.54) is 18.2 Å².